The molecule has 0 radical (unpaired) electrons. The van der Waals surface area contributed by atoms with Crippen molar-refractivity contribution in [2.75, 3.05) is 23.3 Å². The van der Waals surface area contributed by atoms with E-state index in [1.165, 1.54) is 11.3 Å². The van der Waals surface area contributed by atoms with Gasteiger partial charge in [0.05, 0.1) is 6.54 Å². The summed E-state index contributed by atoms with van der Waals surface area (Å²) in [5.74, 6) is -0.627. The third-order valence-electron chi connectivity index (χ3n) is 4.99. The molecule has 2 N–H and O–H groups in total. The minimum Gasteiger partial charge on any atom is -0.343 e. The molecule has 0 unspecified atom stereocenters. The van der Waals surface area contributed by atoms with Crippen LogP contribution >= 0.6 is 22.9 Å². The second-order valence-electron chi connectivity index (χ2n) is 7.37. The molecule has 9 heteroatoms. The van der Waals surface area contributed by atoms with Gasteiger partial charge >= 0.3 is 0 Å². The van der Waals surface area contributed by atoms with Crippen molar-refractivity contribution in [3.8, 4) is 0 Å². The van der Waals surface area contributed by atoms with Crippen LogP contribution in [0.25, 0.3) is 0 Å². The van der Waals surface area contributed by atoms with Gasteiger partial charge in [-0.05, 0) is 48.4 Å². The lowest BCUT2D eigenvalue weighted by atomic mass is 10.1. The Morgan fingerprint density at radius 1 is 1.16 bits per heavy atom. The van der Waals surface area contributed by atoms with Gasteiger partial charge in [0.1, 0.15) is 0 Å². The first kappa shape index (κ1) is 22.0. The molecule has 1 fully saturated rings. The van der Waals surface area contributed by atoms with Gasteiger partial charge in [-0.2, -0.15) is 0 Å². The Balaban J connectivity index is 1.26. The minimum atomic E-state index is -0.361. The second kappa shape index (κ2) is 9.93. The van der Waals surface area contributed by atoms with E-state index in [1.54, 1.807) is 35.4 Å². The van der Waals surface area contributed by atoms with Gasteiger partial charge in [-0.15, -0.1) is 11.3 Å². The highest BCUT2D eigenvalue weighted by atomic mass is 35.5. The van der Waals surface area contributed by atoms with E-state index in [2.05, 4.69) is 15.6 Å². The van der Waals surface area contributed by atoms with Crippen molar-refractivity contribution in [3.05, 3.63) is 75.8 Å². The number of nitrogens with one attached hydrogen (secondary N) is 2. The van der Waals surface area contributed by atoms with Crippen LogP contribution in [0.3, 0.4) is 0 Å². The minimum absolute atomic E-state index is 0.0942. The molecule has 0 bridgehead atoms. The molecule has 1 saturated heterocycles. The third kappa shape index (κ3) is 5.52. The van der Waals surface area contributed by atoms with Gasteiger partial charge in [0.15, 0.2) is 5.13 Å². The van der Waals surface area contributed by atoms with Crippen molar-refractivity contribution >= 4 is 51.5 Å². The van der Waals surface area contributed by atoms with Crippen molar-refractivity contribution in [1.82, 2.24) is 10.3 Å². The summed E-state index contributed by atoms with van der Waals surface area (Å²) >= 11 is 7.39. The first-order chi connectivity index (χ1) is 15.5. The lowest BCUT2D eigenvalue weighted by molar-refractivity contribution is -0.117. The van der Waals surface area contributed by atoms with Crippen molar-refractivity contribution in [3.63, 3.8) is 0 Å². The summed E-state index contributed by atoms with van der Waals surface area (Å²) in [6, 6.07) is 14.4. The third-order valence-corrected chi connectivity index (χ3v) is 6.14. The highest BCUT2D eigenvalue weighted by Gasteiger charge is 2.21. The van der Waals surface area contributed by atoms with E-state index < -0.39 is 0 Å². The van der Waals surface area contributed by atoms with Crippen LogP contribution in [0.1, 0.15) is 33.6 Å². The zero-order valence-corrected chi connectivity index (χ0v) is 18.7. The molecule has 1 aromatic heterocycles. The molecular formula is C23H21ClN4O3S. The van der Waals surface area contributed by atoms with Crippen molar-refractivity contribution in [1.29, 1.82) is 0 Å². The smallest absolute Gasteiger partial charge is 0.251 e. The number of hydrogen-bond acceptors (Lipinski definition) is 5. The fourth-order valence-electron chi connectivity index (χ4n) is 3.44. The lowest BCUT2D eigenvalue weighted by Gasteiger charge is -2.15. The standard InChI is InChI=1S/C23H21ClN4O3S/c24-17-4-1-3-15(11-17)12-19-13-26-23(32-19)27-20(29)14-25-22(31)16-6-8-18(9-7-16)28-10-2-5-21(28)30/h1,3-4,6-9,11,13H,2,5,10,12,14H2,(H,25,31)(H,26,27,29). The molecule has 2 heterocycles. The van der Waals surface area contributed by atoms with Crippen molar-refractivity contribution in [2.24, 2.45) is 0 Å². The summed E-state index contributed by atoms with van der Waals surface area (Å²) in [5, 5.41) is 6.45. The predicted octanol–water partition coefficient (Wildman–Crippen LogP) is 3.88. The monoisotopic (exact) mass is 468 g/mol. The number of halogens is 1. The maximum atomic E-state index is 12.3. The van der Waals surface area contributed by atoms with Crippen LogP contribution in [0.4, 0.5) is 10.8 Å². The second-order valence-corrected chi connectivity index (χ2v) is 8.92. The van der Waals surface area contributed by atoms with Crippen LogP contribution in [0, 0.1) is 0 Å². The molecule has 1 aliphatic heterocycles. The zero-order valence-electron chi connectivity index (χ0n) is 17.1. The van der Waals surface area contributed by atoms with Crippen LogP contribution < -0.4 is 15.5 Å². The fraction of sp³-hybridized carbons (Fsp3) is 0.217. The molecule has 3 aromatic rings. The quantitative estimate of drug-likeness (QED) is 0.550. The van der Waals surface area contributed by atoms with Gasteiger partial charge in [-0.3, -0.25) is 14.4 Å². The maximum absolute atomic E-state index is 12.3. The number of nitrogens with zero attached hydrogens (tertiary/aromatic N) is 2. The van der Waals surface area contributed by atoms with Gasteiger partial charge in [0, 0.05) is 46.7 Å². The Morgan fingerprint density at radius 2 is 1.97 bits per heavy atom. The van der Waals surface area contributed by atoms with Gasteiger partial charge < -0.3 is 15.5 Å². The van der Waals surface area contributed by atoms with E-state index >= 15 is 0 Å². The summed E-state index contributed by atoms with van der Waals surface area (Å²) in [5.41, 5.74) is 2.26. The summed E-state index contributed by atoms with van der Waals surface area (Å²) in [6.07, 6.45) is 3.78. The Labute approximate surface area is 194 Å². The zero-order chi connectivity index (χ0) is 22.5. The Morgan fingerprint density at radius 3 is 2.69 bits per heavy atom. The number of benzene rings is 2. The first-order valence-corrected chi connectivity index (χ1v) is 11.3. The van der Waals surface area contributed by atoms with Crippen molar-refractivity contribution in [2.45, 2.75) is 19.3 Å². The van der Waals surface area contributed by atoms with Gasteiger partial charge in [-0.1, -0.05) is 23.7 Å². The molecule has 1 aliphatic rings. The summed E-state index contributed by atoms with van der Waals surface area (Å²) in [4.78, 5) is 43.3. The molecule has 164 valence electrons. The lowest BCUT2D eigenvalue weighted by Crippen LogP contribution is -2.32. The highest BCUT2D eigenvalue weighted by Crippen LogP contribution is 2.23. The average molecular weight is 469 g/mol. The molecule has 32 heavy (non-hydrogen) atoms. The molecule has 3 amide bonds. The molecule has 4 rings (SSSR count). The van der Waals surface area contributed by atoms with Crippen LogP contribution in [0.5, 0.6) is 0 Å². The fourth-order valence-corrected chi connectivity index (χ4v) is 4.51. The van der Waals surface area contributed by atoms with Crippen molar-refractivity contribution < 1.29 is 14.4 Å². The summed E-state index contributed by atoms with van der Waals surface area (Å²) in [6.45, 7) is 0.524. The molecule has 0 spiro atoms. The van der Waals surface area contributed by atoms with Gasteiger partial charge in [0.25, 0.3) is 5.91 Å². The molecule has 0 saturated carbocycles. The molecule has 0 aliphatic carbocycles. The topological polar surface area (TPSA) is 91.4 Å². The molecular weight excluding hydrogens is 448 g/mol. The number of carbonyl (C=O) groups excluding carboxylic acids is 3. The maximum Gasteiger partial charge on any atom is 0.251 e. The number of thiazole rings is 1. The molecule has 7 nitrogen and oxygen atoms in total. The first-order valence-electron chi connectivity index (χ1n) is 10.2. The van der Waals surface area contributed by atoms with E-state index in [0.717, 1.165) is 22.5 Å². The number of rotatable bonds is 7. The number of hydrogen-bond donors (Lipinski definition) is 2. The highest BCUT2D eigenvalue weighted by molar-refractivity contribution is 7.15. The Kier molecular flexibility index (Phi) is 6.82. The molecule has 2 aromatic carbocycles. The van der Waals surface area contributed by atoms with E-state index in [-0.39, 0.29) is 24.3 Å². The van der Waals surface area contributed by atoms with E-state index in [9.17, 15) is 14.4 Å². The molecule has 0 atom stereocenters. The van der Waals surface area contributed by atoms with Crippen LogP contribution in [-0.2, 0) is 16.0 Å². The van der Waals surface area contributed by atoms with Crippen LogP contribution in [0.15, 0.2) is 54.7 Å². The number of amides is 3. The summed E-state index contributed by atoms with van der Waals surface area (Å²) in [7, 11) is 0. The normalized spacial score (nSPS) is 13.3. The number of anilines is 2. The Bertz CT molecular complexity index is 1150. The number of carbonyl (C=O) groups is 3. The largest absolute Gasteiger partial charge is 0.343 e. The Hall–Kier alpha value is -3.23. The van der Waals surface area contributed by atoms with E-state index in [0.29, 0.717) is 35.1 Å². The van der Waals surface area contributed by atoms with Gasteiger partial charge in [0.2, 0.25) is 11.8 Å². The average Bonchev–Trinajstić information content (AvgIpc) is 3.40. The predicted molar refractivity (Wildman–Crippen MR) is 125 cm³/mol. The van der Waals surface area contributed by atoms with Gasteiger partial charge in [-0.25, -0.2) is 4.98 Å². The van der Waals surface area contributed by atoms with E-state index in [4.69, 9.17) is 11.6 Å². The van der Waals surface area contributed by atoms with E-state index in [1.807, 2.05) is 24.3 Å². The van der Waals surface area contributed by atoms with Crippen LogP contribution in [-0.4, -0.2) is 35.8 Å². The summed E-state index contributed by atoms with van der Waals surface area (Å²) < 4.78 is 0. The number of aromatic nitrogens is 1. The van der Waals surface area contributed by atoms with Crippen LogP contribution in [0.2, 0.25) is 5.02 Å². The SMILES string of the molecule is O=C(CNC(=O)c1ccc(N2CCCC2=O)cc1)Nc1ncc(Cc2cccc(Cl)c2)s1.